The van der Waals surface area contributed by atoms with E-state index < -0.39 is 0 Å². The number of pyridine rings is 1. The molecule has 1 aliphatic rings. The zero-order chi connectivity index (χ0) is 9.31. The Balaban J connectivity index is 2.25. The minimum absolute atomic E-state index is 0.318. The molecule has 0 saturated heterocycles. The van der Waals surface area contributed by atoms with Crippen LogP contribution in [0.25, 0.3) is 0 Å². The summed E-state index contributed by atoms with van der Waals surface area (Å²) in [6.07, 6.45) is 3.55. The number of nitrogens with zero attached hydrogens (tertiary/aromatic N) is 1. The molecule has 0 aliphatic heterocycles. The summed E-state index contributed by atoms with van der Waals surface area (Å²) in [4.78, 5) is 4.49. The molecule has 13 heavy (non-hydrogen) atoms. The average Bonchev–Trinajstić information content (AvgIpc) is 2.86. The van der Waals surface area contributed by atoms with Gasteiger partial charge in [-0.2, -0.15) is 0 Å². The molecule has 0 radical (unpaired) electrons. The van der Waals surface area contributed by atoms with Crippen LogP contribution in [0.15, 0.2) is 22.8 Å². The Hall–Kier alpha value is -0.410. The van der Waals surface area contributed by atoms with Gasteiger partial charge >= 0.3 is 0 Å². The molecule has 0 unspecified atom stereocenters. The first-order valence-corrected chi connectivity index (χ1v) is 5.39. The molecule has 1 heterocycles. The molecule has 1 saturated carbocycles. The molecule has 2 nitrogen and oxygen atoms in total. The van der Waals surface area contributed by atoms with Gasteiger partial charge in [0.15, 0.2) is 0 Å². The fourth-order valence-corrected chi connectivity index (χ4v) is 2.11. The highest BCUT2D eigenvalue weighted by molar-refractivity contribution is 9.10. The van der Waals surface area contributed by atoms with E-state index in [4.69, 9.17) is 5.73 Å². The third-order valence-electron chi connectivity index (χ3n) is 2.73. The first kappa shape index (κ1) is 9.16. The van der Waals surface area contributed by atoms with Gasteiger partial charge in [0.05, 0.1) is 0 Å². The molecule has 0 atom stereocenters. The standard InChI is InChI=1S/C10H13BrN2/c11-9-3-1-2-8(13-9)10(4-5-10)6-7-12/h1-3H,4-7,12H2. The minimum Gasteiger partial charge on any atom is -0.330 e. The molecular formula is C10H13BrN2. The maximum Gasteiger partial charge on any atom is 0.106 e. The van der Waals surface area contributed by atoms with E-state index in [1.54, 1.807) is 0 Å². The number of rotatable bonds is 3. The van der Waals surface area contributed by atoms with Gasteiger partial charge in [-0.15, -0.1) is 0 Å². The average molecular weight is 241 g/mol. The van der Waals surface area contributed by atoms with Crippen LogP contribution in [0.3, 0.4) is 0 Å². The highest BCUT2D eigenvalue weighted by Crippen LogP contribution is 2.49. The van der Waals surface area contributed by atoms with Crippen molar-refractivity contribution >= 4 is 15.9 Å². The Morgan fingerprint density at radius 2 is 2.23 bits per heavy atom. The SMILES string of the molecule is NCCC1(c2cccc(Br)n2)CC1. The van der Waals surface area contributed by atoms with Crippen molar-refractivity contribution in [1.29, 1.82) is 0 Å². The van der Waals surface area contributed by atoms with Crippen molar-refractivity contribution in [3.63, 3.8) is 0 Å². The van der Waals surface area contributed by atoms with E-state index >= 15 is 0 Å². The molecule has 0 bridgehead atoms. The molecule has 3 heteroatoms. The van der Waals surface area contributed by atoms with E-state index in [-0.39, 0.29) is 0 Å². The summed E-state index contributed by atoms with van der Waals surface area (Å²) in [7, 11) is 0. The van der Waals surface area contributed by atoms with E-state index in [1.165, 1.54) is 18.5 Å². The Labute approximate surface area is 86.7 Å². The van der Waals surface area contributed by atoms with E-state index in [0.29, 0.717) is 5.41 Å². The summed E-state index contributed by atoms with van der Waals surface area (Å²) in [5, 5.41) is 0. The van der Waals surface area contributed by atoms with Gasteiger partial charge in [0.1, 0.15) is 4.60 Å². The van der Waals surface area contributed by atoms with Gasteiger partial charge in [-0.25, -0.2) is 4.98 Å². The lowest BCUT2D eigenvalue weighted by atomic mass is 9.98. The van der Waals surface area contributed by atoms with Crippen LogP contribution in [0.1, 0.15) is 25.0 Å². The molecular weight excluding hydrogens is 228 g/mol. The van der Waals surface area contributed by atoms with Crippen molar-refractivity contribution in [2.75, 3.05) is 6.54 Å². The van der Waals surface area contributed by atoms with Crippen molar-refractivity contribution in [3.8, 4) is 0 Å². The Morgan fingerprint density at radius 3 is 2.77 bits per heavy atom. The van der Waals surface area contributed by atoms with Crippen molar-refractivity contribution in [1.82, 2.24) is 4.98 Å². The predicted octanol–water partition coefficient (Wildman–Crippen LogP) is 2.22. The van der Waals surface area contributed by atoms with Gasteiger partial charge in [-0.3, -0.25) is 0 Å². The number of hydrogen-bond acceptors (Lipinski definition) is 2. The number of halogens is 1. The van der Waals surface area contributed by atoms with Gasteiger partial charge in [-0.1, -0.05) is 6.07 Å². The lowest BCUT2D eigenvalue weighted by molar-refractivity contribution is 0.609. The third kappa shape index (κ3) is 1.76. The highest BCUT2D eigenvalue weighted by Gasteiger charge is 2.44. The minimum atomic E-state index is 0.318. The van der Waals surface area contributed by atoms with Gasteiger partial charge in [0, 0.05) is 11.1 Å². The molecule has 2 N–H and O–H groups in total. The predicted molar refractivity (Wildman–Crippen MR) is 56.5 cm³/mol. The molecule has 0 amide bonds. The van der Waals surface area contributed by atoms with Crippen LogP contribution in [0.2, 0.25) is 0 Å². The summed E-state index contributed by atoms with van der Waals surface area (Å²) in [6.45, 7) is 0.758. The van der Waals surface area contributed by atoms with Crippen LogP contribution in [-0.4, -0.2) is 11.5 Å². The normalized spacial score (nSPS) is 18.6. The van der Waals surface area contributed by atoms with E-state index in [1.807, 2.05) is 12.1 Å². The van der Waals surface area contributed by atoms with Gasteiger partial charge in [-0.05, 0) is 53.9 Å². The highest BCUT2D eigenvalue weighted by atomic mass is 79.9. The summed E-state index contributed by atoms with van der Waals surface area (Å²) >= 11 is 3.39. The Bertz CT molecular complexity index is 308. The number of nitrogens with two attached hydrogens (primary N) is 1. The van der Waals surface area contributed by atoms with Crippen molar-refractivity contribution < 1.29 is 0 Å². The molecule has 0 spiro atoms. The molecule has 70 valence electrons. The van der Waals surface area contributed by atoms with E-state index in [0.717, 1.165) is 17.6 Å². The maximum atomic E-state index is 5.59. The quantitative estimate of drug-likeness (QED) is 0.824. The molecule has 1 fully saturated rings. The monoisotopic (exact) mass is 240 g/mol. The van der Waals surface area contributed by atoms with Crippen LogP contribution in [0, 0.1) is 0 Å². The summed E-state index contributed by atoms with van der Waals surface area (Å²) < 4.78 is 0.924. The van der Waals surface area contributed by atoms with Crippen LogP contribution < -0.4 is 5.73 Å². The molecule has 1 aliphatic carbocycles. The Kier molecular flexibility index (Phi) is 2.39. The van der Waals surface area contributed by atoms with Gasteiger partial charge < -0.3 is 5.73 Å². The second kappa shape index (κ2) is 3.39. The molecule has 2 rings (SSSR count). The van der Waals surface area contributed by atoms with Crippen LogP contribution >= 0.6 is 15.9 Å². The largest absolute Gasteiger partial charge is 0.330 e. The summed E-state index contributed by atoms with van der Waals surface area (Å²) in [6, 6.07) is 6.11. The zero-order valence-electron chi connectivity index (χ0n) is 7.46. The number of aromatic nitrogens is 1. The van der Waals surface area contributed by atoms with Gasteiger partial charge in [0.25, 0.3) is 0 Å². The lowest BCUT2D eigenvalue weighted by Gasteiger charge is -2.12. The molecule has 0 aromatic carbocycles. The van der Waals surface area contributed by atoms with Crippen LogP contribution in [-0.2, 0) is 5.41 Å². The fourth-order valence-electron chi connectivity index (χ4n) is 1.77. The lowest BCUT2D eigenvalue weighted by Crippen LogP contribution is -2.14. The van der Waals surface area contributed by atoms with Gasteiger partial charge in [0.2, 0.25) is 0 Å². The number of hydrogen-bond donors (Lipinski definition) is 1. The summed E-state index contributed by atoms with van der Waals surface area (Å²) in [5.74, 6) is 0. The third-order valence-corrected chi connectivity index (χ3v) is 3.18. The second-order valence-corrected chi connectivity index (χ2v) is 4.48. The van der Waals surface area contributed by atoms with Crippen molar-refractivity contribution in [3.05, 3.63) is 28.5 Å². The first-order chi connectivity index (χ1) is 6.27. The summed E-state index contributed by atoms with van der Waals surface area (Å²) in [5.41, 5.74) is 7.11. The first-order valence-electron chi connectivity index (χ1n) is 4.60. The maximum absolute atomic E-state index is 5.59. The zero-order valence-corrected chi connectivity index (χ0v) is 9.05. The van der Waals surface area contributed by atoms with Crippen molar-refractivity contribution in [2.45, 2.75) is 24.7 Å². The fraction of sp³-hybridized carbons (Fsp3) is 0.500. The van der Waals surface area contributed by atoms with E-state index in [9.17, 15) is 0 Å². The second-order valence-electron chi connectivity index (χ2n) is 3.66. The molecule has 1 aromatic heterocycles. The van der Waals surface area contributed by atoms with E-state index in [2.05, 4.69) is 27.0 Å². The topological polar surface area (TPSA) is 38.9 Å². The smallest absolute Gasteiger partial charge is 0.106 e. The van der Waals surface area contributed by atoms with Crippen LogP contribution in [0.5, 0.6) is 0 Å². The Morgan fingerprint density at radius 1 is 1.46 bits per heavy atom. The molecule has 1 aromatic rings. The van der Waals surface area contributed by atoms with Crippen molar-refractivity contribution in [2.24, 2.45) is 5.73 Å². The van der Waals surface area contributed by atoms with Crippen LogP contribution in [0.4, 0.5) is 0 Å².